The molecule has 0 aliphatic heterocycles. The summed E-state index contributed by atoms with van der Waals surface area (Å²) in [6.45, 7) is 0. The molecule has 0 unspecified atom stereocenters. The van der Waals surface area contributed by atoms with Crippen LogP contribution in [0.4, 0.5) is 5.69 Å². The molecule has 8 heavy (non-hydrogen) atoms. The molecule has 0 aliphatic rings. The van der Waals surface area contributed by atoms with Crippen molar-refractivity contribution in [1.82, 2.24) is 0 Å². The van der Waals surface area contributed by atoms with E-state index in [0.29, 0.717) is 0 Å². The van der Waals surface area contributed by atoms with Crippen LogP contribution in [-0.2, 0) is 0 Å². The third kappa shape index (κ3) is 1.07. The van der Waals surface area contributed by atoms with Crippen LogP contribution in [0.1, 0.15) is 0 Å². The minimum absolute atomic E-state index is 1.17. The molecule has 0 spiro atoms. The van der Waals surface area contributed by atoms with Crippen LogP contribution in [0.15, 0.2) is 30.3 Å². The molecule has 0 bridgehead atoms. The standard InChI is InChI=1S/C7H9N/c1-8-7-5-3-2-4-6-7/h2-6H,1,8H2. The molecule has 0 atom stereocenters. The molecule has 2 N–H and O–H groups in total. The first-order valence-corrected chi connectivity index (χ1v) is 2.61. The van der Waals surface area contributed by atoms with E-state index in [4.69, 9.17) is 0 Å². The summed E-state index contributed by atoms with van der Waals surface area (Å²) in [5.41, 5.74) is 1.17. The number of benzene rings is 1. The van der Waals surface area contributed by atoms with Gasteiger partial charge in [0.1, 0.15) is 5.69 Å². The number of hydrogen-bond donors (Lipinski definition) is 1. The Hall–Kier alpha value is -0.820. The molecule has 1 aromatic rings. The summed E-state index contributed by atoms with van der Waals surface area (Å²) in [7, 11) is 3.63. The Kier molecular flexibility index (Phi) is 1.65. The molecule has 42 valence electrons. The van der Waals surface area contributed by atoms with Gasteiger partial charge in [-0.2, -0.15) is 0 Å². The third-order valence-corrected chi connectivity index (χ3v) is 1.04. The highest BCUT2D eigenvalue weighted by Gasteiger charge is 1.80. The zero-order valence-corrected chi connectivity index (χ0v) is 4.67. The predicted molar refractivity (Wildman–Crippen MR) is 33.4 cm³/mol. The quantitative estimate of drug-likeness (QED) is 0.401. The smallest absolute Gasteiger partial charge is 0.103 e. The third-order valence-electron chi connectivity index (χ3n) is 1.04. The van der Waals surface area contributed by atoms with Gasteiger partial charge in [-0.05, 0) is 12.1 Å². The number of nitrogens with two attached hydrogens (primary N) is 1. The van der Waals surface area contributed by atoms with Gasteiger partial charge in [-0.15, -0.1) is 7.05 Å². The molecule has 1 aromatic carbocycles. The fourth-order valence-electron chi connectivity index (χ4n) is 0.589. The number of para-hydroxylation sites is 1. The van der Waals surface area contributed by atoms with Crippen molar-refractivity contribution in [2.24, 2.45) is 0 Å². The lowest BCUT2D eigenvalue weighted by molar-refractivity contribution is -0.504. The predicted octanol–water partition coefficient (Wildman–Crippen LogP) is 0.673. The summed E-state index contributed by atoms with van der Waals surface area (Å²) in [6.07, 6.45) is 0. The maximum atomic E-state index is 3.63. The molecular weight excluding hydrogens is 98.1 g/mol. The first kappa shape index (κ1) is 5.32. The molecule has 0 heterocycles. The van der Waals surface area contributed by atoms with E-state index in [-0.39, 0.29) is 0 Å². The second-order valence-corrected chi connectivity index (χ2v) is 1.61. The van der Waals surface area contributed by atoms with Gasteiger partial charge >= 0.3 is 0 Å². The van der Waals surface area contributed by atoms with Crippen molar-refractivity contribution in [1.29, 1.82) is 0 Å². The maximum Gasteiger partial charge on any atom is 0.103 e. The van der Waals surface area contributed by atoms with Crippen LogP contribution in [-0.4, -0.2) is 0 Å². The van der Waals surface area contributed by atoms with Gasteiger partial charge in [0.05, 0.1) is 0 Å². The summed E-state index contributed by atoms with van der Waals surface area (Å²) >= 11 is 0. The van der Waals surface area contributed by atoms with Crippen LogP contribution in [0.2, 0.25) is 0 Å². The van der Waals surface area contributed by atoms with Crippen molar-refractivity contribution in [2.45, 2.75) is 0 Å². The lowest BCUT2D eigenvalue weighted by atomic mass is 10.3. The lowest BCUT2D eigenvalue weighted by Gasteiger charge is -1.94. The Morgan fingerprint density at radius 1 is 1.12 bits per heavy atom. The van der Waals surface area contributed by atoms with Crippen molar-refractivity contribution in [2.75, 3.05) is 0 Å². The van der Waals surface area contributed by atoms with Gasteiger partial charge in [0.15, 0.2) is 0 Å². The Morgan fingerprint density at radius 3 is 2.12 bits per heavy atom. The zero-order chi connectivity index (χ0) is 5.82. The minimum Gasteiger partial charge on any atom is -0.446 e. The van der Waals surface area contributed by atoms with Gasteiger partial charge in [0, 0.05) is 0 Å². The van der Waals surface area contributed by atoms with E-state index in [1.54, 1.807) is 0 Å². The molecule has 0 fully saturated rings. The van der Waals surface area contributed by atoms with Crippen LogP contribution in [0, 0.1) is 7.05 Å². The van der Waals surface area contributed by atoms with Gasteiger partial charge in [-0.3, -0.25) is 0 Å². The Labute approximate surface area is 49.3 Å². The fourth-order valence-corrected chi connectivity index (χ4v) is 0.589. The van der Waals surface area contributed by atoms with Crippen LogP contribution in [0.3, 0.4) is 0 Å². The van der Waals surface area contributed by atoms with Gasteiger partial charge in [-0.25, -0.2) is 0 Å². The second-order valence-electron chi connectivity index (χ2n) is 1.61. The zero-order valence-electron chi connectivity index (χ0n) is 4.67. The molecule has 0 amide bonds. The van der Waals surface area contributed by atoms with E-state index in [0.717, 1.165) is 0 Å². The number of hydrogen-bond acceptors (Lipinski definition) is 0. The lowest BCUT2D eigenvalue weighted by Crippen LogP contribution is -2.69. The van der Waals surface area contributed by atoms with Gasteiger partial charge in [-0.1, -0.05) is 18.2 Å². The monoisotopic (exact) mass is 107 g/mol. The van der Waals surface area contributed by atoms with Crippen molar-refractivity contribution in [3.8, 4) is 0 Å². The van der Waals surface area contributed by atoms with Crippen molar-refractivity contribution in [3.63, 3.8) is 0 Å². The number of quaternary nitrogens is 1. The Bertz CT molecular complexity index is 146. The van der Waals surface area contributed by atoms with Crippen LogP contribution < -0.4 is 5.32 Å². The summed E-state index contributed by atoms with van der Waals surface area (Å²) in [5, 5.41) is 1.83. The molecule has 1 rings (SSSR count). The van der Waals surface area contributed by atoms with Crippen molar-refractivity contribution < 1.29 is 5.32 Å². The first-order chi connectivity index (χ1) is 3.93. The molecule has 0 radical (unpaired) electrons. The van der Waals surface area contributed by atoms with E-state index in [2.05, 4.69) is 7.05 Å². The van der Waals surface area contributed by atoms with E-state index in [1.807, 2.05) is 35.6 Å². The summed E-state index contributed by atoms with van der Waals surface area (Å²) < 4.78 is 0. The highest BCUT2D eigenvalue weighted by molar-refractivity contribution is 5.26. The van der Waals surface area contributed by atoms with Crippen molar-refractivity contribution in [3.05, 3.63) is 37.4 Å². The summed E-state index contributed by atoms with van der Waals surface area (Å²) in [6, 6.07) is 10.0. The van der Waals surface area contributed by atoms with Crippen LogP contribution in [0.5, 0.6) is 0 Å². The maximum absolute atomic E-state index is 3.63. The topological polar surface area (TPSA) is 16.6 Å². The highest BCUT2D eigenvalue weighted by Crippen LogP contribution is 1.94. The van der Waals surface area contributed by atoms with Gasteiger partial charge in [0.25, 0.3) is 0 Å². The fraction of sp³-hybridized carbons (Fsp3) is 0. The highest BCUT2D eigenvalue weighted by atomic mass is 14.8. The van der Waals surface area contributed by atoms with E-state index >= 15 is 0 Å². The minimum atomic E-state index is 1.17. The SMILES string of the molecule is [CH2-][NH2+]c1ccccc1. The molecule has 0 aliphatic carbocycles. The molecule has 1 heteroatoms. The summed E-state index contributed by atoms with van der Waals surface area (Å²) in [5.74, 6) is 0. The van der Waals surface area contributed by atoms with E-state index < -0.39 is 0 Å². The molecular formula is C7H9N. The molecule has 0 aromatic heterocycles. The number of rotatable bonds is 1. The largest absolute Gasteiger partial charge is 0.446 e. The average molecular weight is 107 g/mol. The first-order valence-electron chi connectivity index (χ1n) is 2.61. The Balaban J connectivity index is 2.83. The second kappa shape index (κ2) is 2.48. The normalized spacial score (nSPS) is 9.12. The molecule has 0 saturated heterocycles. The van der Waals surface area contributed by atoms with Gasteiger partial charge in [0.2, 0.25) is 0 Å². The van der Waals surface area contributed by atoms with Crippen molar-refractivity contribution >= 4 is 5.69 Å². The van der Waals surface area contributed by atoms with Crippen LogP contribution in [0.25, 0.3) is 0 Å². The van der Waals surface area contributed by atoms with Gasteiger partial charge < -0.3 is 5.32 Å². The Morgan fingerprint density at radius 2 is 1.75 bits per heavy atom. The summed E-state index contributed by atoms with van der Waals surface area (Å²) in [4.78, 5) is 0. The van der Waals surface area contributed by atoms with Crippen LogP contribution >= 0.6 is 0 Å². The van der Waals surface area contributed by atoms with E-state index in [1.165, 1.54) is 5.69 Å². The van der Waals surface area contributed by atoms with E-state index in [9.17, 15) is 0 Å². The molecule has 1 nitrogen and oxygen atoms in total. The average Bonchev–Trinajstić information content (AvgIpc) is 1.90. The molecule has 0 saturated carbocycles.